The van der Waals surface area contributed by atoms with E-state index < -0.39 is 17.3 Å². The number of rotatable bonds is 3. The fourth-order valence-corrected chi connectivity index (χ4v) is 3.85. The van der Waals surface area contributed by atoms with Crippen LogP contribution in [0.4, 0.5) is 13.2 Å². The lowest BCUT2D eigenvalue weighted by molar-refractivity contribution is -0.137. The van der Waals surface area contributed by atoms with Crippen molar-refractivity contribution in [3.63, 3.8) is 0 Å². The average molecular weight is 376 g/mol. The molecule has 0 saturated heterocycles. The molecule has 0 atom stereocenters. The minimum atomic E-state index is -4.55. The first kappa shape index (κ1) is 17.8. The minimum Gasteiger partial charge on any atom is -0.300 e. The van der Waals surface area contributed by atoms with Gasteiger partial charge in [-0.2, -0.15) is 18.2 Å². The second-order valence-corrected chi connectivity index (χ2v) is 6.85. The molecule has 0 unspecified atom stereocenters. The van der Waals surface area contributed by atoms with Crippen molar-refractivity contribution in [2.75, 3.05) is 0 Å². The Morgan fingerprint density at radius 1 is 1.19 bits per heavy atom. The van der Waals surface area contributed by atoms with Crippen LogP contribution in [-0.4, -0.2) is 19.7 Å². The van der Waals surface area contributed by atoms with Crippen LogP contribution in [0.2, 0.25) is 0 Å². The van der Waals surface area contributed by atoms with E-state index in [-0.39, 0.29) is 17.4 Å². The van der Waals surface area contributed by atoms with E-state index in [1.807, 2.05) is 11.6 Å². The van der Waals surface area contributed by atoms with Crippen molar-refractivity contribution in [1.82, 2.24) is 19.7 Å². The average Bonchev–Trinajstić information content (AvgIpc) is 3.28. The summed E-state index contributed by atoms with van der Waals surface area (Å²) in [4.78, 5) is 21.0. The highest BCUT2D eigenvalue weighted by Crippen LogP contribution is 2.37. The molecule has 4 rings (SSSR count). The summed E-state index contributed by atoms with van der Waals surface area (Å²) < 4.78 is 42.0. The van der Waals surface area contributed by atoms with Crippen LogP contribution in [0.5, 0.6) is 0 Å². The maximum absolute atomic E-state index is 13.4. The van der Waals surface area contributed by atoms with Gasteiger partial charge in [-0.3, -0.25) is 14.6 Å². The lowest BCUT2D eigenvalue weighted by Gasteiger charge is -2.15. The second-order valence-electron chi connectivity index (χ2n) is 6.85. The van der Waals surface area contributed by atoms with Gasteiger partial charge in [0.2, 0.25) is 0 Å². The van der Waals surface area contributed by atoms with Crippen molar-refractivity contribution in [2.24, 2.45) is 0 Å². The van der Waals surface area contributed by atoms with Crippen LogP contribution in [0.3, 0.4) is 0 Å². The quantitative estimate of drug-likeness (QED) is 0.735. The highest BCUT2D eigenvalue weighted by Gasteiger charge is 2.35. The summed E-state index contributed by atoms with van der Waals surface area (Å²) in [5.41, 5.74) is -0.476. The van der Waals surface area contributed by atoms with Crippen LogP contribution in [0, 0.1) is 0 Å². The van der Waals surface area contributed by atoms with E-state index >= 15 is 0 Å². The molecule has 0 bridgehead atoms. The topological polar surface area (TPSA) is 63.6 Å². The number of halogens is 3. The van der Waals surface area contributed by atoms with Crippen molar-refractivity contribution < 1.29 is 13.2 Å². The summed E-state index contributed by atoms with van der Waals surface area (Å²) in [6.07, 6.45) is 0.114. The summed E-state index contributed by atoms with van der Waals surface area (Å²) >= 11 is 0. The number of hydrogen-bond donors (Lipinski definition) is 1. The molecule has 1 N–H and O–H groups in total. The molecule has 0 spiro atoms. The Bertz CT molecular complexity index is 999. The first-order valence-electron chi connectivity index (χ1n) is 9.08. The number of benzene rings is 1. The smallest absolute Gasteiger partial charge is 0.300 e. The van der Waals surface area contributed by atoms with Crippen molar-refractivity contribution in [3.05, 3.63) is 45.9 Å². The standard InChI is InChI=1S/C19H19F3N4O/c1-2-14-15-17(26(25-14)11-7-3-4-8-11)23-16(24-18(15)27)12-9-5-6-10-13(12)19(20,21)22/h5-6,9-11,25H,2-4,7-8H2,1H3. The molecular weight excluding hydrogens is 357 g/mol. The van der Waals surface area contributed by atoms with Gasteiger partial charge in [0.05, 0.1) is 11.6 Å². The number of fused-ring (bicyclic) bond motifs is 1. The molecule has 1 aromatic carbocycles. The Morgan fingerprint density at radius 3 is 2.56 bits per heavy atom. The molecule has 5 nitrogen and oxygen atoms in total. The van der Waals surface area contributed by atoms with Gasteiger partial charge in [0.1, 0.15) is 5.56 Å². The predicted molar refractivity (Wildman–Crippen MR) is 94.6 cm³/mol. The van der Waals surface area contributed by atoms with Gasteiger partial charge in [0, 0.05) is 11.3 Å². The number of alkyl halides is 3. The first-order valence-corrected chi connectivity index (χ1v) is 9.08. The zero-order chi connectivity index (χ0) is 19.2. The highest BCUT2D eigenvalue weighted by atomic mass is 19.4. The van der Waals surface area contributed by atoms with Gasteiger partial charge in [-0.1, -0.05) is 38.0 Å². The number of aromatic amines is 1. The van der Waals surface area contributed by atoms with Crippen molar-refractivity contribution in [3.8, 4) is 22.8 Å². The van der Waals surface area contributed by atoms with Crippen molar-refractivity contribution in [1.29, 1.82) is 0 Å². The van der Waals surface area contributed by atoms with E-state index in [2.05, 4.69) is 15.1 Å². The van der Waals surface area contributed by atoms with Gasteiger partial charge < -0.3 is 0 Å². The number of aromatic nitrogens is 4. The Morgan fingerprint density at radius 2 is 1.89 bits per heavy atom. The van der Waals surface area contributed by atoms with E-state index in [1.54, 1.807) is 0 Å². The molecule has 2 heterocycles. The van der Waals surface area contributed by atoms with Crippen LogP contribution in [0.15, 0.2) is 29.1 Å². The lowest BCUT2D eigenvalue weighted by atomic mass is 10.1. The largest absolute Gasteiger partial charge is 0.417 e. The molecule has 1 fully saturated rings. The summed E-state index contributed by atoms with van der Waals surface area (Å²) in [7, 11) is 0. The molecule has 27 heavy (non-hydrogen) atoms. The molecule has 3 aliphatic rings. The fourth-order valence-electron chi connectivity index (χ4n) is 3.85. The number of aryl methyl sites for hydroxylation is 1. The van der Waals surface area contributed by atoms with Gasteiger partial charge in [-0.05, 0) is 25.3 Å². The summed E-state index contributed by atoms with van der Waals surface area (Å²) in [5.74, 6) is 0.208. The molecule has 142 valence electrons. The molecule has 1 aromatic rings. The second kappa shape index (κ2) is 6.51. The molecular formula is C19H19F3N4O. The number of H-pyrrole nitrogens is 1. The minimum absolute atomic E-state index is 0.174. The molecule has 0 amide bonds. The van der Waals surface area contributed by atoms with E-state index in [1.165, 1.54) is 18.2 Å². The zero-order valence-electron chi connectivity index (χ0n) is 14.8. The molecule has 1 aliphatic carbocycles. The van der Waals surface area contributed by atoms with Gasteiger partial charge >= 0.3 is 6.18 Å². The fraction of sp³-hybridized carbons (Fsp3) is 0.421. The third-order valence-electron chi connectivity index (χ3n) is 5.16. The number of hydrogen-bond acceptors (Lipinski definition) is 3. The van der Waals surface area contributed by atoms with E-state index in [0.29, 0.717) is 17.8 Å². The molecule has 2 aliphatic heterocycles. The Kier molecular flexibility index (Phi) is 4.28. The number of nitrogens with one attached hydrogen (secondary N) is 1. The van der Waals surface area contributed by atoms with Gasteiger partial charge in [-0.25, -0.2) is 4.98 Å². The SMILES string of the molecule is CCc1[nH]n(C2CCCC2)c2nc(-c3ccccc3C(F)(F)F)nc(=O)c1-2. The van der Waals surface area contributed by atoms with Crippen molar-refractivity contribution >= 4 is 0 Å². The normalized spacial score (nSPS) is 15.7. The number of nitrogens with zero attached hydrogens (tertiary/aromatic N) is 3. The molecule has 1 saturated carbocycles. The molecule has 0 aromatic heterocycles. The van der Waals surface area contributed by atoms with Crippen LogP contribution < -0.4 is 5.56 Å². The summed E-state index contributed by atoms with van der Waals surface area (Å²) in [6.45, 7) is 1.91. The Labute approximate surface area is 153 Å². The van der Waals surface area contributed by atoms with Gasteiger partial charge in [0.25, 0.3) is 5.56 Å². The predicted octanol–water partition coefficient (Wildman–Crippen LogP) is 4.43. The zero-order valence-corrected chi connectivity index (χ0v) is 14.8. The van der Waals surface area contributed by atoms with Crippen molar-refractivity contribution in [2.45, 2.75) is 51.2 Å². The molecule has 0 radical (unpaired) electrons. The van der Waals surface area contributed by atoms with Gasteiger partial charge in [0.15, 0.2) is 11.6 Å². The van der Waals surface area contributed by atoms with Crippen LogP contribution in [0.1, 0.15) is 49.9 Å². The third kappa shape index (κ3) is 3.02. The summed E-state index contributed by atoms with van der Waals surface area (Å²) in [5, 5.41) is 3.24. The molecule has 8 heteroatoms. The first-order chi connectivity index (χ1) is 12.9. The highest BCUT2D eigenvalue weighted by molar-refractivity contribution is 5.67. The van der Waals surface area contributed by atoms with Crippen LogP contribution in [0.25, 0.3) is 22.8 Å². The lowest BCUT2D eigenvalue weighted by Crippen LogP contribution is -2.18. The third-order valence-corrected chi connectivity index (χ3v) is 5.16. The van der Waals surface area contributed by atoms with E-state index in [9.17, 15) is 18.0 Å². The van der Waals surface area contributed by atoms with E-state index in [4.69, 9.17) is 0 Å². The maximum Gasteiger partial charge on any atom is 0.417 e. The van der Waals surface area contributed by atoms with Crippen LogP contribution >= 0.6 is 0 Å². The monoisotopic (exact) mass is 376 g/mol. The Balaban J connectivity index is 1.95. The van der Waals surface area contributed by atoms with Gasteiger partial charge in [-0.15, -0.1) is 0 Å². The Hall–Kier alpha value is -2.64. The maximum atomic E-state index is 13.4. The summed E-state index contributed by atoms with van der Waals surface area (Å²) in [6, 6.07) is 5.26. The van der Waals surface area contributed by atoms with Crippen LogP contribution in [-0.2, 0) is 12.6 Å². The van der Waals surface area contributed by atoms with E-state index in [0.717, 1.165) is 37.4 Å².